The molecule has 2 heterocycles. The van der Waals surface area contributed by atoms with Crippen molar-refractivity contribution in [1.82, 2.24) is 9.97 Å². The maximum absolute atomic E-state index is 3.72. The van der Waals surface area contributed by atoms with E-state index in [0.29, 0.717) is 0 Å². The molecule has 96 valence electrons. The molecule has 0 unspecified atom stereocenters. The van der Waals surface area contributed by atoms with E-state index in [-0.39, 0.29) is 19.5 Å². The van der Waals surface area contributed by atoms with Gasteiger partial charge in [0.15, 0.2) is 0 Å². The molecule has 0 radical (unpaired) electrons. The Morgan fingerprint density at radius 3 is 0.941 bits per heavy atom. The van der Waals surface area contributed by atoms with Crippen LogP contribution in [0.25, 0.3) is 0 Å². The summed E-state index contributed by atoms with van der Waals surface area (Å²) in [6.07, 6.45) is 9.00. The van der Waals surface area contributed by atoms with Gasteiger partial charge in [-0.2, -0.15) is 37.6 Å². The molecular weight excluding hydrogens is 297 g/mol. The topological polar surface area (TPSA) is 28.2 Å². The van der Waals surface area contributed by atoms with Gasteiger partial charge in [0, 0.05) is 0 Å². The maximum atomic E-state index is 3.72. The van der Waals surface area contributed by atoms with E-state index >= 15 is 0 Å². The van der Waals surface area contributed by atoms with Crippen LogP contribution in [0.1, 0.15) is 26.7 Å². The van der Waals surface area contributed by atoms with E-state index < -0.39 is 0 Å². The average Bonchev–Trinajstić information content (AvgIpc) is 3.00. The zero-order chi connectivity index (χ0) is 12.5. The van der Waals surface area contributed by atoms with Gasteiger partial charge >= 0.3 is 19.5 Å². The summed E-state index contributed by atoms with van der Waals surface area (Å²) >= 11 is 0. The minimum Gasteiger partial charge on any atom is -0.670 e. The molecule has 0 bridgehead atoms. The molecule has 0 N–H and O–H groups in total. The van der Waals surface area contributed by atoms with Crippen LogP contribution in [0.15, 0.2) is 49.1 Å². The second kappa shape index (κ2) is 24.4. The van der Waals surface area contributed by atoms with Gasteiger partial charge in [-0.3, -0.25) is 0 Å². The number of aromatic nitrogens is 2. The molecule has 0 spiro atoms. The van der Waals surface area contributed by atoms with Gasteiger partial charge in [-0.1, -0.05) is 38.1 Å². The minimum absolute atomic E-state index is 0. The van der Waals surface area contributed by atoms with E-state index in [1.54, 1.807) is 24.8 Å². The van der Waals surface area contributed by atoms with Crippen molar-refractivity contribution in [1.29, 1.82) is 0 Å². The van der Waals surface area contributed by atoms with E-state index in [0.717, 1.165) is 12.8 Å². The largest absolute Gasteiger partial charge is 4.00 e. The monoisotopic (exact) mass is 320 g/mol. The summed E-state index contributed by atoms with van der Waals surface area (Å²) in [5.74, 6) is 0. The molecule has 2 nitrogen and oxygen atoms in total. The molecule has 0 aliphatic rings. The fraction of sp³-hybridized carbons (Fsp3) is 0.286. The number of hydrogen-bond donors (Lipinski definition) is 0. The third kappa shape index (κ3) is 31.3. The summed E-state index contributed by atoms with van der Waals surface area (Å²) in [6.45, 7) is 11.0. The molecule has 0 aliphatic carbocycles. The van der Waals surface area contributed by atoms with Crippen molar-refractivity contribution in [3.63, 3.8) is 0 Å². The van der Waals surface area contributed by atoms with Gasteiger partial charge in [0.1, 0.15) is 0 Å². The van der Waals surface area contributed by atoms with Crippen molar-refractivity contribution < 1.29 is 19.5 Å². The number of nitrogens with zero attached hydrogens (tertiary/aromatic N) is 2. The first-order valence-corrected chi connectivity index (χ1v) is 5.45. The normalized spacial score (nSPS) is 6.82. The first-order chi connectivity index (χ1) is 7.83. The molecule has 17 heavy (non-hydrogen) atoms. The molecule has 0 amide bonds. The number of rotatable bonds is 0. The predicted octanol–water partition coefficient (Wildman–Crippen LogP) is 3.75. The Hall–Kier alpha value is -0.817. The van der Waals surface area contributed by atoms with Crippen molar-refractivity contribution in [3.8, 4) is 0 Å². The summed E-state index contributed by atoms with van der Waals surface area (Å²) in [4.78, 5) is 7.44. The van der Waals surface area contributed by atoms with Crippen LogP contribution in [0, 0.1) is 13.8 Å². The molecule has 0 saturated carbocycles. The van der Waals surface area contributed by atoms with Crippen LogP contribution >= 0.6 is 0 Å². The average molecular weight is 319 g/mol. The molecule has 2 aromatic heterocycles. The zero-order valence-electron chi connectivity index (χ0n) is 10.7. The molecule has 0 saturated heterocycles. The van der Waals surface area contributed by atoms with Gasteiger partial charge in [0.05, 0.1) is 0 Å². The third-order valence-corrected chi connectivity index (χ3v) is 0.911. The molecule has 0 aliphatic heterocycles. The van der Waals surface area contributed by atoms with Gasteiger partial charge in [-0.05, 0) is 0 Å². The molecule has 0 atom stereocenters. The summed E-state index contributed by atoms with van der Waals surface area (Å²) < 4.78 is 0. The third-order valence-electron chi connectivity index (χ3n) is 0.911. The first-order valence-electron chi connectivity index (χ1n) is 5.45. The van der Waals surface area contributed by atoms with E-state index in [1.165, 1.54) is 0 Å². The minimum atomic E-state index is 0. The number of hydrogen-bond acceptors (Lipinski definition) is 0. The Bertz CT molecular complexity index is 176. The molecular formula is C14H22N2Ru. The Kier molecular flexibility index (Phi) is 30.8. The molecule has 0 aromatic carbocycles. The predicted molar refractivity (Wildman–Crippen MR) is 70.8 cm³/mol. The Morgan fingerprint density at radius 1 is 0.706 bits per heavy atom. The Labute approximate surface area is 119 Å². The van der Waals surface area contributed by atoms with Crippen LogP contribution in [0.5, 0.6) is 0 Å². The second-order valence-electron chi connectivity index (χ2n) is 2.66. The maximum Gasteiger partial charge on any atom is 4.00 e. The molecule has 0 fully saturated rings. The summed E-state index contributed by atoms with van der Waals surface area (Å²) in [5.41, 5.74) is 0. The van der Waals surface area contributed by atoms with E-state index in [1.807, 2.05) is 38.1 Å². The zero-order valence-corrected chi connectivity index (χ0v) is 12.4. The van der Waals surface area contributed by atoms with Gasteiger partial charge in [0.25, 0.3) is 0 Å². The summed E-state index contributed by atoms with van der Waals surface area (Å²) in [7, 11) is 0. The summed E-state index contributed by atoms with van der Waals surface area (Å²) in [5, 5.41) is 0. The van der Waals surface area contributed by atoms with Crippen molar-refractivity contribution in [2.24, 2.45) is 0 Å². The van der Waals surface area contributed by atoms with Crippen LogP contribution in [0.3, 0.4) is 0 Å². The van der Waals surface area contributed by atoms with Crippen molar-refractivity contribution in [2.75, 3.05) is 0 Å². The first kappa shape index (κ1) is 21.5. The van der Waals surface area contributed by atoms with Crippen molar-refractivity contribution in [2.45, 2.75) is 26.7 Å². The Balaban J connectivity index is -0.000000157. The van der Waals surface area contributed by atoms with Gasteiger partial charge in [-0.25, -0.2) is 0 Å². The molecule has 2 aromatic rings. The van der Waals surface area contributed by atoms with E-state index in [4.69, 9.17) is 0 Å². The Morgan fingerprint density at radius 2 is 0.882 bits per heavy atom. The van der Waals surface area contributed by atoms with Gasteiger partial charge in [-0.15, -0.1) is 0 Å². The van der Waals surface area contributed by atoms with Crippen molar-refractivity contribution in [3.05, 3.63) is 62.9 Å². The standard InChI is InChI=1S/2C4H4N.2C3H7.Ru/c2*1-2-4-5-3-1;2*1-3-2;/h2*1-4H;2*1,3H2,2H3;/q4*-1;+4. The van der Waals surface area contributed by atoms with E-state index in [9.17, 15) is 0 Å². The summed E-state index contributed by atoms with van der Waals surface area (Å²) in [6, 6.07) is 7.56. The second-order valence-corrected chi connectivity index (χ2v) is 2.66. The molecule has 2 rings (SSSR count). The fourth-order valence-corrected chi connectivity index (χ4v) is 0.497. The van der Waals surface area contributed by atoms with Gasteiger partial charge < -0.3 is 23.8 Å². The van der Waals surface area contributed by atoms with Crippen molar-refractivity contribution >= 4 is 0 Å². The molecule has 3 heteroatoms. The van der Waals surface area contributed by atoms with Crippen LogP contribution < -0.4 is 9.97 Å². The van der Waals surface area contributed by atoms with Crippen LogP contribution in [-0.4, -0.2) is 0 Å². The smallest absolute Gasteiger partial charge is 0.670 e. The SMILES string of the molecule is [CH2-]CC.[CH2-]CC.[Ru+4].c1cc[n-]c1.c1cc[n-]c1. The van der Waals surface area contributed by atoms with Crippen LogP contribution in [-0.2, 0) is 19.5 Å². The van der Waals surface area contributed by atoms with Crippen LogP contribution in [0.4, 0.5) is 0 Å². The fourth-order valence-electron chi connectivity index (χ4n) is 0.497. The van der Waals surface area contributed by atoms with Crippen LogP contribution in [0.2, 0.25) is 0 Å². The quantitative estimate of drug-likeness (QED) is 0.546. The van der Waals surface area contributed by atoms with E-state index in [2.05, 4.69) is 23.8 Å². The van der Waals surface area contributed by atoms with Gasteiger partial charge in [0.2, 0.25) is 0 Å².